The smallest absolute Gasteiger partial charge is 0.191 e. The molecule has 29 heavy (non-hydrogen) atoms. The van der Waals surface area contributed by atoms with Crippen molar-refractivity contribution < 1.29 is 14.3 Å². The van der Waals surface area contributed by atoms with Crippen molar-refractivity contribution >= 4 is 5.96 Å². The highest BCUT2D eigenvalue weighted by atomic mass is 16.5. The number of nitrogens with zero attached hydrogens (tertiary/aromatic N) is 2. The summed E-state index contributed by atoms with van der Waals surface area (Å²) in [5.74, 6) is 1.19. The fourth-order valence-corrected chi connectivity index (χ4v) is 3.30. The van der Waals surface area contributed by atoms with Gasteiger partial charge in [-0.2, -0.15) is 0 Å². The molecule has 1 aromatic carbocycles. The van der Waals surface area contributed by atoms with Gasteiger partial charge in [-0.15, -0.1) is 0 Å². The molecule has 1 aromatic heterocycles. The zero-order chi connectivity index (χ0) is 20.5. The number of hydrogen-bond donors (Lipinski definition) is 3. The van der Waals surface area contributed by atoms with Crippen LogP contribution in [0, 0.1) is 0 Å². The van der Waals surface area contributed by atoms with Gasteiger partial charge in [0.25, 0.3) is 0 Å². The highest BCUT2D eigenvalue weighted by Crippen LogP contribution is 2.19. The van der Waals surface area contributed by atoms with Crippen LogP contribution in [0.3, 0.4) is 0 Å². The first-order valence-corrected chi connectivity index (χ1v) is 10.2. The number of aliphatic hydroxyl groups is 1. The van der Waals surface area contributed by atoms with E-state index in [-0.39, 0.29) is 0 Å². The van der Waals surface area contributed by atoms with E-state index in [1.54, 1.807) is 25.3 Å². The first kappa shape index (κ1) is 21.4. The number of guanidine groups is 1. The van der Waals surface area contributed by atoms with E-state index in [9.17, 15) is 5.11 Å². The van der Waals surface area contributed by atoms with E-state index < -0.39 is 5.60 Å². The molecule has 3 rings (SSSR count). The largest absolute Gasteiger partial charge is 0.466 e. The molecule has 0 spiro atoms. The monoisotopic (exact) mass is 400 g/mol. The van der Waals surface area contributed by atoms with E-state index in [0.29, 0.717) is 24.8 Å². The van der Waals surface area contributed by atoms with Crippen LogP contribution in [0.15, 0.2) is 52.1 Å². The fraction of sp³-hybridized carbons (Fsp3) is 0.500. The molecule has 2 aromatic rings. The predicted molar refractivity (Wildman–Crippen MR) is 114 cm³/mol. The summed E-state index contributed by atoms with van der Waals surface area (Å²) in [6.07, 6.45) is 1.56. The maximum absolute atomic E-state index is 10.6. The quantitative estimate of drug-likeness (QED) is 0.465. The second-order valence-electron chi connectivity index (χ2n) is 7.46. The number of benzene rings is 1. The van der Waals surface area contributed by atoms with Gasteiger partial charge in [-0.1, -0.05) is 24.3 Å². The number of nitrogens with one attached hydrogen (secondary N) is 2. The van der Waals surface area contributed by atoms with E-state index >= 15 is 0 Å². The molecule has 1 atom stereocenters. The van der Waals surface area contributed by atoms with Crippen molar-refractivity contribution in [2.24, 2.45) is 4.99 Å². The number of morpholine rings is 1. The van der Waals surface area contributed by atoms with Gasteiger partial charge in [-0.25, -0.2) is 4.99 Å². The van der Waals surface area contributed by atoms with Crippen molar-refractivity contribution in [3.05, 3.63) is 59.5 Å². The van der Waals surface area contributed by atoms with E-state index in [4.69, 9.17) is 14.1 Å². The van der Waals surface area contributed by atoms with E-state index in [2.05, 4.69) is 39.8 Å². The topological polar surface area (TPSA) is 82.3 Å². The first-order chi connectivity index (χ1) is 14.1. The summed E-state index contributed by atoms with van der Waals surface area (Å²) in [7, 11) is 0. The molecule has 0 amide bonds. The van der Waals surface area contributed by atoms with Gasteiger partial charge in [0, 0.05) is 26.2 Å². The molecular weight excluding hydrogens is 368 g/mol. The number of rotatable bonds is 8. The minimum atomic E-state index is -1.12. The van der Waals surface area contributed by atoms with Gasteiger partial charge >= 0.3 is 0 Å². The van der Waals surface area contributed by atoms with Crippen LogP contribution in [0.1, 0.15) is 30.7 Å². The van der Waals surface area contributed by atoms with Crippen molar-refractivity contribution in [1.29, 1.82) is 0 Å². The van der Waals surface area contributed by atoms with Crippen LogP contribution in [-0.4, -0.2) is 55.4 Å². The Hall–Kier alpha value is -2.35. The Morgan fingerprint density at radius 1 is 1.14 bits per heavy atom. The van der Waals surface area contributed by atoms with Gasteiger partial charge in [0.05, 0.1) is 32.6 Å². The third-order valence-corrected chi connectivity index (χ3v) is 5.02. The highest BCUT2D eigenvalue weighted by Gasteiger charge is 2.26. The Kier molecular flexibility index (Phi) is 7.69. The summed E-state index contributed by atoms with van der Waals surface area (Å²) in [6.45, 7) is 9.77. The number of hydrogen-bond acceptors (Lipinski definition) is 5. The summed E-state index contributed by atoms with van der Waals surface area (Å²) in [5.41, 5.74) is 1.37. The lowest BCUT2D eigenvalue weighted by Crippen LogP contribution is -2.44. The summed E-state index contributed by atoms with van der Waals surface area (Å²) in [6, 6.07) is 12.0. The Balaban J connectivity index is 1.64. The van der Waals surface area contributed by atoms with Crippen molar-refractivity contribution in [3.8, 4) is 0 Å². The molecule has 7 nitrogen and oxygen atoms in total. The third-order valence-electron chi connectivity index (χ3n) is 5.02. The standard InChI is InChI=1S/C22H32N4O3/c1-3-23-21(25-17-22(2,27)20-9-6-12-29-20)24-15-18-7-4-5-8-19(18)16-26-10-13-28-14-11-26/h4-9,12,27H,3,10-11,13-17H2,1-2H3,(H2,23,24,25). The normalized spacial score (nSPS) is 17.7. The number of furan rings is 1. The van der Waals surface area contributed by atoms with Gasteiger partial charge in [-0.05, 0) is 37.1 Å². The Morgan fingerprint density at radius 3 is 2.59 bits per heavy atom. The summed E-state index contributed by atoms with van der Waals surface area (Å²) < 4.78 is 10.8. The lowest BCUT2D eigenvalue weighted by molar-refractivity contribution is 0.0341. The highest BCUT2D eigenvalue weighted by molar-refractivity contribution is 5.79. The third kappa shape index (κ3) is 6.32. The molecule has 1 aliphatic rings. The lowest BCUT2D eigenvalue weighted by Gasteiger charge is -2.27. The molecule has 0 radical (unpaired) electrons. The van der Waals surface area contributed by atoms with Crippen LogP contribution in [0.25, 0.3) is 0 Å². The van der Waals surface area contributed by atoms with Crippen molar-refractivity contribution in [2.75, 3.05) is 39.4 Å². The summed E-state index contributed by atoms with van der Waals surface area (Å²) in [5, 5.41) is 17.1. The van der Waals surface area contributed by atoms with Crippen LogP contribution in [-0.2, 0) is 23.4 Å². The summed E-state index contributed by atoms with van der Waals surface area (Å²) in [4.78, 5) is 7.14. The molecule has 7 heteroatoms. The molecule has 0 bridgehead atoms. The molecule has 3 N–H and O–H groups in total. The molecule has 1 fully saturated rings. The molecule has 0 saturated carbocycles. The zero-order valence-electron chi connectivity index (χ0n) is 17.4. The van der Waals surface area contributed by atoms with Crippen LogP contribution in [0.5, 0.6) is 0 Å². The zero-order valence-corrected chi connectivity index (χ0v) is 17.4. The molecule has 1 saturated heterocycles. The van der Waals surface area contributed by atoms with Crippen molar-refractivity contribution in [2.45, 2.75) is 32.5 Å². The lowest BCUT2D eigenvalue weighted by atomic mass is 10.0. The maximum Gasteiger partial charge on any atom is 0.191 e. The molecule has 1 unspecified atom stereocenters. The summed E-state index contributed by atoms with van der Waals surface area (Å²) >= 11 is 0. The number of ether oxygens (including phenoxy) is 1. The van der Waals surface area contributed by atoms with Gasteiger partial charge in [0.1, 0.15) is 11.4 Å². The van der Waals surface area contributed by atoms with Gasteiger partial charge in [0.2, 0.25) is 0 Å². The van der Waals surface area contributed by atoms with E-state index in [0.717, 1.165) is 39.4 Å². The van der Waals surface area contributed by atoms with Crippen LogP contribution in [0.4, 0.5) is 0 Å². The second-order valence-corrected chi connectivity index (χ2v) is 7.46. The molecule has 1 aliphatic heterocycles. The fourth-order valence-electron chi connectivity index (χ4n) is 3.30. The van der Waals surface area contributed by atoms with Gasteiger partial charge in [-0.3, -0.25) is 4.90 Å². The Labute approximate surface area is 172 Å². The predicted octanol–water partition coefficient (Wildman–Crippen LogP) is 2.07. The Morgan fingerprint density at radius 2 is 1.90 bits per heavy atom. The van der Waals surface area contributed by atoms with Gasteiger partial charge < -0.3 is 24.9 Å². The van der Waals surface area contributed by atoms with Crippen LogP contribution >= 0.6 is 0 Å². The maximum atomic E-state index is 10.6. The Bertz CT molecular complexity index is 768. The van der Waals surface area contributed by atoms with Crippen molar-refractivity contribution in [3.63, 3.8) is 0 Å². The molecular formula is C22H32N4O3. The van der Waals surface area contributed by atoms with Gasteiger partial charge in [0.15, 0.2) is 5.96 Å². The molecule has 158 valence electrons. The minimum Gasteiger partial charge on any atom is -0.466 e. The number of aliphatic imine (C=N–C) groups is 1. The van der Waals surface area contributed by atoms with Crippen LogP contribution < -0.4 is 10.6 Å². The average molecular weight is 401 g/mol. The first-order valence-electron chi connectivity index (χ1n) is 10.2. The van der Waals surface area contributed by atoms with E-state index in [1.165, 1.54) is 11.1 Å². The average Bonchev–Trinajstić information content (AvgIpc) is 3.28. The van der Waals surface area contributed by atoms with Crippen LogP contribution in [0.2, 0.25) is 0 Å². The second kappa shape index (κ2) is 10.4. The minimum absolute atomic E-state index is 0.293. The SMILES string of the molecule is CCNC(=NCc1ccccc1CN1CCOCC1)NCC(C)(O)c1ccco1. The molecule has 0 aliphatic carbocycles. The van der Waals surface area contributed by atoms with Crippen molar-refractivity contribution in [1.82, 2.24) is 15.5 Å². The van der Waals surface area contributed by atoms with E-state index in [1.807, 2.05) is 6.92 Å². The molecule has 2 heterocycles.